The lowest BCUT2D eigenvalue weighted by molar-refractivity contribution is 0.313. The maximum absolute atomic E-state index is 6.11. The third-order valence-electron chi connectivity index (χ3n) is 3.75. The number of nitrogens with two attached hydrogens (primary N) is 1. The van der Waals surface area contributed by atoms with Crippen molar-refractivity contribution >= 4 is 0 Å². The van der Waals surface area contributed by atoms with Crippen LogP contribution in [-0.4, -0.2) is 9.55 Å². The van der Waals surface area contributed by atoms with E-state index in [-0.39, 0.29) is 11.6 Å². The molecule has 1 aliphatic rings. The van der Waals surface area contributed by atoms with Crippen LogP contribution in [0, 0.1) is 0 Å². The van der Waals surface area contributed by atoms with E-state index >= 15 is 0 Å². The SMILES string of the molecule is CC[C@@H](N)c1cncn1C1(C)CCCC1. The number of aromatic nitrogens is 2. The Morgan fingerprint density at radius 1 is 1.53 bits per heavy atom. The molecule has 0 amide bonds. The summed E-state index contributed by atoms with van der Waals surface area (Å²) in [6.07, 6.45) is 10.0. The van der Waals surface area contributed by atoms with Crippen LogP contribution >= 0.6 is 0 Å². The summed E-state index contributed by atoms with van der Waals surface area (Å²) >= 11 is 0. The van der Waals surface area contributed by atoms with E-state index in [1.807, 2.05) is 12.5 Å². The van der Waals surface area contributed by atoms with Crippen molar-refractivity contribution in [2.75, 3.05) is 0 Å². The summed E-state index contributed by atoms with van der Waals surface area (Å²) in [5, 5.41) is 0. The van der Waals surface area contributed by atoms with Gasteiger partial charge in [-0.3, -0.25) is 0 Å². The van der Waals surface area contributed by atoms with E-state index in [1.54, 1.807) is 0 Å². The standard InChI is InChI=1S/C12H21N3/c1-3-10(13)11-8-14-9-15(11)12(2)6-4-5-7-12/h8-10H,3-7,13H2,1-2H3/t10-/m1/s1. The van der Waals surface area contributed by atoms with E-state index in [9.17, 15) is 0 Å². The van der Waals surface area contributed by atoms with Crippen molar-refractivity contribution in [2.24, 2.45) is 5.73 Å². The van der Waals surface area contributed by atoms with Crippen LogP contribution in [0.1, 0.15) is 57.7 Å². The van der Waals surface area contributed by atoms with Crippen molar-refractivity contribution in [3.8, 4) is 0 Å². The predicted molar refractivity (Wildman–Crippen MR) is 61.6 cm³/mol. The number of nitrogens with zero attached hydrogens (tertiary/aromatic N) is 2. The Kier molecular flexibility index (Phi) is 2.83. The van der Waals surface area contributed by atoms with Crippen LogP contribution < -0.4 is 5.73 Å². The molecule has 1 atom stereocenters. The molecular weight excluding hydrogens is 186 g/mol. The van der Waals surface area contributed by atoms with Crippen molar-refractivity contribution in [1.82, 2.24) is 9.55 Å². The number of hydrogen-bond acceptors (Lipinski definition) is 2. The zero-order valence-electron chi connectivity index (χ0n) is 9.74. The smallest absolute Gasteiger partial charge is 0.0953 e. The Bertz CT molecular complexity index is 323. The third-order valence-corrected chi connectivity index (χ3v) is 3.75. The van der Waals surface area contributed by atoms with E-state index in [0.29, 0.717) is 0 Å². The summed E-state index contributed by atoms with van der Waals surface area (Å²) in [5.41, 5.74) is 7.56. The van der Waals surface area contributed by atoms with Crippen molar-refractivity contribution < 1.29 is 0 Å². The van der Waals surface area contributed by atoms with Gasteiger partial charge in [0.1, 0.15) is 0 Å². The highest BCUT2D eigenvalue weighted by atomic mass is 15.1. The Labute approximate surface area is 91.7 Å². The second-order valence-corrected chi connectivity index (χ2v) is 4.91. The summed E-state index contributed by atoms with van der Waals surface area (Å²) in [5.74, 6) is 0. The first kappa shape index (κ1) is 10.7. The van der Waals surface area contributed by atoms with Crippen molar-refractivity contribution in [3.05, 3.63) is 18.2 Å². The van der Waals surface area contributed by atoms with Crippen LogP contribution in [-0.2, 0) is 5.54 Å². The van der Waals surface area contributed by atoms with Crippen LogP contribution in [0.2, 0.25) is 0 Å². The van der Waals surface area contributed by atoms with Gasteiger partial charge in [-0.25, -0.2) is 4.98 Å². The average Bonchev–Trinajstić information content (AvgIpc) is 2.85. The minimum absolute atomic E-state index is 0.130. The van der Waals surface area contributed by atoms with Crippen molar-refractivity contribution in [3.63, 3.8) is 0 Å². The Balaban J connectivity index is 2.31. The molecule has 1 fully saturated rings. The summed E-state index contributed by atoms with van der Waals surface area (Å²) in [4.78, 5) is 4.26. The van der Waals surface area contributed by atoms with E-state index in [4.69, 9.17) is 5.73 Å². The second-order valence-electron chi connectivity index (χ2n) is 4.91. The summed E-state index contributed by atoms with van der Waals surface area (Å²) in [6.45, 7) is 4.45. The molecule has 0 aromatic carbocycles. The minimum Gasteiger partial charge on any atom is -0.327 e. The molecule has 0 radical (unpaired) electrons. The molecule has 0 unspecified atom stereocenters. The highest BCUT2D eigenvalue weighted by Gasteiger charge is 2.32. The molecule has 84 valence electrons. The minimum atomic E-state index is 0.130. The van der Waals surface area contributed by atoms with Crippen LogP contribution in [0.25, 0.3) is 0 Å². The predicted octanol–water partition coefficient (Wildman–Crippen LogP) is 2.58. The van der Waals surface area contributed by atoms with Gasteiger partial charge in [0.2, 0.25) is 0 Å². The van der Waals surface area contributed by atoms with Crippen LogP contribution in [0.3, 0.4) is 0 Å². The van der Waals surface area contributed by atoms with E-state index in [2.05, 4.69) is 23.4 Å². The molecule has 0 spiro atoms. The van der Waals surface area contributed by atoms with Crippen LogP contribution in [0.4, 0.5) is 0 Å². The highest BCUT2D eigenvalue weighted by Crippen LogP contribution is 2.37. The molecule has 0 bridgehead atoms. The third kappa shape index (κ3) is 1.81. The van der Waals surface area contributed by atoms with Crippen LogP contribution in [0.15, 0.2) is 12.5 Å². The van der Waals surface area contributed by atoms with Crippen LogP contribution in [0.5, 0.6) is 0 Å². The fourth-order valence-electron chi connectivity index (χ4n) is 2.62. The van der Waals surface area contributed by atoms with Gasteiger partial charge in [-0.2, -0.15) is 0 Å². The Morgan fingerprint density at radius 2 is 2.20 bits per heavy atom. The largest absolute Gasteiger partial charge is 0.327 e. The summed E-state index contributed by atoms with van der Waals surface area (Å²) in [6, 6.07) is 0.130. The fourth-order valence-corrected chi connectivity index (χ4v) is 2.62. The first-order valence-corrected chi connectivity index (χ1v) is 5.95. The van der Waals surface area contributed by atoms with Gasteiger partial charge in [0.05, 0.1) is 12.0 Å². The topological polar surface area (TPSA) is 43.8 Å². The molecule has 2 rings (SSSR count). The molecule has 0 saturated heterocycles. The lowest BCUT2D eigenvalue weighted by atomic mass is 9.99. The molecule has 15 heavy (non-hydrogen) atoms. The van der Waals surface area contributed by atoms with Gasteiger partial charge < -0.3 is 10.3 Å². The van der Waals surface area contributed by atoms with Gasteiger partial charge in [-0.05, 0) is 26.2 Å². The molecule has 3 nitrogen and oxygen atoms in total. The molecular formula is C12H21N3. The molecule has 1 aliphatic carbocycles. The van der Waals surface area contributed by atoms with Crippen molar-refractivity contribution in [1.29, 1.82) is 0 Å². The molecule has 1 heterocycles. The first-order chi connectivity index (χ1) is 7.17. The van der Waals surface area contributed by atoms with Gasteiger partial charge in [0.15, 0.2) is 0 Å². The molecule has 0 aliphatic heterocycles. The highest BCUT2D eigenvalue weighted by molar-refractivity contribution is 5.09. The maximum Gasteiger partial charge on any atom is 0.0953 e. The maximum atomic E-state index is 6.11. The van der Waals surface area contributed by atoms with Gasteiger partial charge in [-0.15, -0.1) is 0 Å². The van der Waals surface area contributed by atoms with Gasteiger partial charge in [-0.1, -0.05) is 19.8 Å². The van der Waals surface area contributed by atoms with E-state index < -0.39 is 0 Å². The second kappa shape index (κ2) is 3.97. The molecule has 2 N–H and O–H groups in total. The molecule has 3 heteroatoms. The monoisotopic (exact) mass is 207 g/mol. The average molecular weight is 207 g/mol. The number of rotatable bonds is 3. The Morgan fingerprint density at radius 3 is 2.80 bits per heavy atom. The van der Waals surface area contributed by atoms with Gasteiger partial charge in [0.25, 0.3) is 0 Å². The normalized spacial score (nSPS) is 21.8. The zero-order valence-corrected chi connectivity index (χ0v) is 9.74. The first-order valence-electron chi connectivity index (χ1n) is 5.95. The molecule has 1 saturated carbocycles. The lowest BCUT2D eigenvalue weighted by Gasteiger charge is -2.29. The van der Waals surface area contributed by atoms with Crippen molar-refractivity contribution in [2.45, 2.75) is 57.5 Å². The summed E-state index contributed by atoms with van der Waals surface area (Å²) < 4.78 is 2.31. The van der Waals surface area contributed by atoms with Gasteiger partial charge >= 0.3 is 0 Å². The van der Waals surface area contributed by atoms with E-state index in [0.717, 1.165) is 6.42 Å². The van der Waals surface area contributed by atoms with Gasteiger partial charge in [0, 0.05) is 17.8 Å². The molecule has 1 aromatic heterocycles. The fraction of sp³-hybridized carbons (Fsp3) is 0.750. The lowest BCUT2D eigenvalue weighted by Crippen LogP contribution is -2.29. The Hall–Kier alpha value is -0.830. The summed E-state index contributed by atoms with van der Waals surface area (Å²) in [7, 11) is 0. The zero-order chi connectivity index (χ0) is 10.9. The quantitative estimate of drug-likeness (QED) is 0.828. The number of hydrogen-bond donors (Lipinski definition) is 1. The number of imidazole rings is 1. The van der Waals surface area contributed by atoms with E-state index in [1.165, 1.54) is 31.4 Å². The molecule has 1 aromatic rings.